The van der Waals surface area contributed by atoms with Crippen molar-refractivity contribution in [2.75, 3.05) is 5.73 Å². The minimum Gasteiger partial charge on any atom is -0.396 e. The topological polar surface area (TPSA) is 43.1 Å². The molecule has 2 N–H and O–H groups in total. The molecule has 5 heteroatoms. The molecular formula is C15H15F2NOS. The molecule has 0 aliphatic carbocycles. The molecule has 20 heavy (non-hydrogen) atoms. The molecule has 2 rings (SSSR count). The van der Waals surface area contributed by atoms with Gasteiger partial charge in [-0.1, -0.05) is 20.8 Å². The fraction of sp³-hybridized carbons (Fsp3) is 0.267. The van der Waals surface area contributed by atoms with E-state index in [0.717, 1.165) is 17.0 Å². The Balaban J connectivity index is 2.48. The van der Waals surface area contributed by atoms with Crippen LogP contribution in [0.3, 0.4) is 0 Å². The van der Waals surface area contributed by atoms with Gasteiger partial charge in [-0.3, -0.25) is 4.79 Å². The summed E-state index contributed by atoms with van der Waals surface area (Å²) in [5, 5.41) is 0. The Morgan fingerprint density at radius 3 is 2.35 bits per heavy atom. The first-order valence-corrected chi connectivity index (χ1v) is 6.92. The maximum atomic E-state index is 13.9. The third-order valence-electron chi connectivity index (χ3n) is 2.92. The minimum absolute atomic E-state index is 0.115. The molecule has 2 aromatic rings. The summed E-state index contributed by atoms with van der Waals surface area (Å²) in [4.78, 5) is 13.5. The SMILES string of the molecule is CC(C)(C)c1ccc(C(=O)c2c(F)ccc(N)c2F)s1. The Hall–Kier alpha value is -1.75. The van der Waals surface area contributed by atoms with E-state index in [1.807, 2.05) is 20.8 Å². The van der Waals surface area contributed by atoms with Crippen LogP contribution in [-0.2, 0) is 5.41 Å². The highest BCUT2D eigenvalue weighted by Crippen LogP contribution is 2.31. The molecule has 106 valence electrons. The number of nitrogens with two attached hydrogens (primary N) is 1. The Labute approximate surface area is 120 Å². The van der Waals surface area contributed by atoms with Crippen LogP contribution >= 0.6 is 11.3 Å². The van der Waals surface area contributed by atoms with Gasteiger partial charge >= 0.3 is 0 Å². The van der Waals surface area contributed by atoms with Crippen molar-refractivity contribution in [1.82, 2.24) is 0 Å². The van der Waals surface area contributed by atoms with Gasteiger partial charge < -0.3 is 5.73 Å². The minimum atomic E-state index is -0.999. The van der Waals surface area contributed by atoms with Crippen LogP contribution in [0.25, 0.3) is 0 Å². The lowest BCUT2D eigenvalue weighted by Crippen LogP contribution is -2.09. The summed E-state index contributed by atoms with van der Waals surface area (Å²) in [6, 6.07) is 5.51. The monoisotopic (exact) mass is 295 g/mol. The number of hydrogen-bond donors (Lipinski definition) is 1. The molecule has 0 atom stereocenters. The summed E-state index contributed by atoms with van der Waals surface area (Å²) in [6.45, 7) is 6.03. The van der Waals surface area contributed by atoms with Crippen molar-refractivity contribution in [2.24, 2.45) is 0 Å². The number of ketones is 1. The maximum Gasteiger partial charge on any atom is 0.208 e. The van der Waals surface area contributed by atoms with Crippen molar-refractivity contribution in [1.29, 1.82) is 0 Å². The second-order valence-electron chi connectivity index (χ2n) is 5.57. The molecule has 0 spiro atoms. The lowest BCUT2D eigenvalue weighted by molar-refractivity contribution is 0.103. The van der Waals surface area contributed by atoms with Crippen molar-refractivity contribution in [3.05, 3.63) is 51.2 Å². The van der Waals surface area contributed by atoms with Crippen LogP contribution in [0.2, 0.25) is 0 Å². The van der Waals surface area contributed by atoms with Crippen LogP contribution in [-0.4, -0.2) is 5.78 Å². The lowest BCUT2D eigenvalue weighted by Gasteiger charge is -2.15. The zero-order chi connectivity index (χ0) is 15.1. The van der Waals surface area contributed by atoms with Gasteiger partial charge in [-0.15, -0.1) is 11.3 Å². The van der Waals surface area contributed by atoms with Crippen LogP contribution < -0.4 is 5.73 Å². The maximum absolute atomic E-state index is 13.9. The van der Waals surface area contributed by atoms with Crippen molar-refractivity contribution >= 4 is 22.8 Å². The van der Waals surface area contributed by atoms with E-state index in [2.05, 4.69) is 0 Å². The van der Waals surface area contributed by atoms with Crippen molar-refractivity contribution in [3.8, 4) is 0 Å². The third kappa shape index (κ3) is 2.58. The van der Waals surface area contributed by atoms with E-state index in [-0.39, 0.29) is 11.1 Å². The Bertz CT molecular complexity index is 671. The molecule has 2 nitrogen and oxygen atoms in total. The Morgan fingerprint density at radius 2 is 1.80 bits per heavy atom. The van der Waals surface area contributed by atoms with E-state index in [1.54, 1.807) is 12.1 Å². The van der Waals surface area contributed by atoms with Gasteiger partial charge in [0.2, 0.25) is 5.78 Å². The summed E-state index contributed by atoms with van der Waals surface area (Å²) in [6.07, 6.45) is 0. The number of carbonyl (C=O) groups excluding carboxylic acids is 1. The molecule has 1 aromatic carbocycles. The highest BCUT2D eigenvalue weighted by atomic mass is 32.1. The second kappa shape index (κ2) is 4.98. The summed E-state index contributed by atoms with van der Waals surface area (Å²) in [5.74, 6) is -2.57. The zero-order valence-corrected chi connectivity index (χ0v) is 12.3. The molecule has 0 saturated carbocycles. The molecule has 0 unspecified atom stereocenters. The molecule has 0 aliphatic rings. The van der Waals surface area contributed by atoms with Gasteiger partial charge in [0.1, 0.15) is 5.82 Å². The number of hydrogen-bond acceptors (Lipinski definition) is 3. The van der Waals surface area contributed by atoms with Crippen LogP contribution in [0, 0.1) is 11.6 Å². The number of halogens is 2. The van der Waals surface area contributed by atoms with Gasteiger partial charge in [0.25, 0.3) is 0 Å². The molecular weight excluding hydrogens is 280 g/mol. The molecule has 0 radical (unpaired) electrons. The van der Waals surface area contributed by atoms with E-state index < -0.39 is 23.0 Å². The summed E-state index contributed by atoms with van der Waals surface area (Å²) in [7, 11) is 0. The Morgan fingerprint density at radius 1 is 1.15 bits per heavy atom. The molecule has 0 aliphatic heterocycles. The molecule has 1 heterocycles. The van der Waals surface area contributed by atoms with Gasteiger partial charge in [0.15, 0.2) is 5.82 Å². The first kappa shape index (κ1) is 14.7. The quantitative estimate of drug-likeness (QED) is 0.668. The van der Waals surface area contributed by atoms with Crippen molar-refractivity contribution < 1.29 is 13.6 Å². The largest absolute Gasteiger partial charge is 0.396 e. The van der Waals surface area contributed by atoms with Crippen LogP contribution in [0.4, 0.5) is 14.5 Å². The molecule has 0 fully saturated rings. The van der Waals surface area contributed by atoms with E-state index in [9.17, 15) is 13.6 Å². The number of benzene rings is 1. The van der Waals surface area contributed by atoms with E-state index in [1.165, 1.54) is 11.3 Å². The number of anilines is 1. The smallest absolute Gasteiger partial charge is 0.208 e. The van der Waals surface area contributed by atoms with Gasteiger partial charge in [-0.2, -0.15) is 0 Å². The molecule has 0 amide bonds. The molecule has 0 bridgehead atoms. The number of thiophene rings is 1. The predicted octanol–water partition coefficient (Wildman–Crippen LogP) is 4.14. The van der Waals surface area contributed by atoms with Gasteiger partial charge in [0.05, 0.1) is 16.1 Å². The van der Waals surface area contributed by atoms with E-state index >= 15 is 0 Å². The predicted molar refractivity (Wildman–Crippen MR) is 77.2 cm³/mol. The third-order valence-corrected chi connectivity index (χ3v) is 4.43. The summed E-state index contributed by atoms with van der Waals surface area (Å²) in [5.41, 5.74) is 4.45. The number of rotatable bonds is 2. The summed E-state index contributed by atoms with van der Waals surface area (Å²) < 4.78 is 27.6. The average Bonchev–Trinajstić information content (AvgIpc) is 2.83. The fourth-order valence-electron chi connectivity index (χ4n) is 1.76. The van der Waals surface area contributed by atoms with Crippen LogP contribution in [0.1, 0.15) is 40.9 Å². The van der Waals surface area contributed by atoms with E-state index in [0.29, 0.717) is 4.88 Å². The normalized spacial score (nSPS) is 11.7. The molecule has 1 aromatic heterocycles. The van der Waals surface area contributed by atoms with Crippen molar-refractivity contribution in [3.63, 3.8) is 0 Å². The highest BCUT2D eigenvalue weighted by molar-refractivity contribution is 7.14. The highest BCUT2D eigenvalue weighted by Gasteiger charge is 2.24. The van der Waals surface area contributed by atoms with Crippen LogP contribution in [0.15, 0.2) is 24.3 Å². The fourth-order valence-corrected chi connectivity index (χ4v) is 2.77. The summed E-state index contributed by atoms with van der Waals surface area (Å²) >= 11 is 1.24. The van der Waals surface area contributed by atoms with E-state index in [4.69, 9.17) is 5.73 Å². The zero-order valence-electron chi connectivity index (χ0n) is 11.5. The van der Waals surface area contributed by atoms with Gasteiger partial charge in [-0.05, 0) is 29.7 Å². The Kier molecular flexibility index (Phi) is 3.65. The lowest BCUT2D eigenvalue weighted by atomic mass is 9.95. The first-order chi connectivity index (χ1) is 9.21. The number of carbonyl (C=O) groups is 1. The standard InChI is InChI=1S/C15H15F2NOS/c1-15(2,3)11-7-6-10(20-11)14(19)12-8(16)4-5-9(18)13(12)17/h4-7H,18H2,1-3H3. The van der Waals surface area contributed by atoms with Gasteiger partial charge in [-0.25, -0.2) is 8.78 Å². The second-order valence-corrected chi connectivity index (χ2v) is 6.65. The molecule has 0 saturated heterocycles. The van der Waals surface area contributed by atoms with Gasteiger partial charge in [0, 0.05) is 4.88 Å². The van der Waals surface area contributed by atoms with Crippen molar-refractivity contribution in [2.45, 2.75) is 26.2 Å². The first-order valence-electron chi connectivity index (χ1n) is 6.10. The average molecular weight is 295 g/mol. The van der Waals surface area contributed by atoms with Crippen LogP contribution in [0.5, 0.6) is 0 Å². The number of nitrogen functional groups attached to an aromatic ring is 1.